The molecule has 3 aromatic rings. The molecule has 2 aliphatic heterocycles. The van der Waals surface area contributed by atoms with Crippen LogP contribution in [0.2, 0.25) is 5.02 Å². The van der Waals surface area contributed by atoms with Gasteiger partial charge in [0.1, 0.15) is 0 Å². The Morgan fingerprint density at radius 3 is 2.39 bits per heavy atom. The lowest BCUT2D eigenvalue weighted by molar-refractivity contribution is 0.0917. The first-order valence-corrected chi connectivity index (χ1v) is 12.2. The summed E-state index contributed by atoms with van der Waals surface area (Å²) in [6, 6.07) is 16.6. The topological polar surface area (TPSA) is 84.9 Å². The zero-order valence-corrected chi connectivity index (χ0v) is 20.7. The van der Waals surface area contributed by atoms with Crippen LogP contribution < -0.4 is 19.7 Å². The van der Waals surface area contributed by atoms with Gasteiger partial charge in [0.2, 0.25) is 0 Å². The van der Waals surface area contributed by atoms with Crippen LogP contribution in [0.5, 0.6) is 11.5 Å². The summed E-state index contributed by atoms with van der Waals surface area (Å²) >= 11 is 6.23. The van der Waals surface area contributed by atoms with Crippen LogP contribution in [0.1, 0.15) is 62.9 Å². The molecule has 0 radical (unpaired) electrons. The Morgan fingerprint density at radius 1 is 0.917 bits per heavy atom. The fraction of sp³-hybridized carbons (Fsp3) is 0.250. The van der Waals surface area contributed by atoms with Gasteiger partial charge in [0.25, 0.3) is 17.7 Å². The van der Waals surface area contributed by atoms with Gasteiger partial charge in [-0.15, -0.1) is 0 Å². The molecule has 36 heavy (non-hydrogen) atoms. The van der Waals surface area contributed by atoms with E-state index in [0.717, 1.165) is 16.9 Å². The molecule has 2 heterocycles. The number of carbonyl (C=O) groups excluding carboxylic acids is 3. The summed E-state index contributed by atoms with van der Waals surface area (Å²) in [7, 11) is 0. The molecular formula is C28H25ClN2O5. The van der Waals surface area contributed by atoms with E-state index in [9.17, 15) is 14.4 Å². The molecule has 0 bridgehead atoms. The predicted molar refractivity (Wildman–Crippen MR) is 136 cm³/mol. The van der Waals surface area contributed by atoms with Crippen LogP contribution in [0.3, 0.4) is 0 Å². The van der Waals surface area contributed by atoms with Gasteiger partial charge >= 0.3 is 0 Å². The fourth-order valence-corrected chi connectivity index (χ4v) is 4.69. The Labute approximate surface area is 214 Å². The number of ether oxygens (including phenoxy) is 2. The standard InChI is InChI=1S/C28H25ClN2O5/c1-16(2)25(17-9-11-23-24(15-17)36-13-5-12-35-23)30-26(32)18-8-10-19-20(14-18)28(34)31(27(19)33)22-7-4-3-6-21(22)29/h3-4,6-11,14-16,25H,5,12-13H2,1-2H3,(H,30,32)/t25-/m0/s1. The van der Waals surface area contributed by atoms with Crippen molar-refractivity contribution < 1.29 is 23.9 Å². The number of nitrogens with zero attached hydrogens (tertiary/aromatic N) is 1. The number of amides is 3. The molecule has 0 saturated carbocycles. The Balaban J connectivity index is 1.40. The molecule has 5 rings (SSSR count). The van der Waals surface area contributed by atoms with Gasteiger partial charge in [-0.25, -0.2) is 4.90 Å². The maximum absolute atomic E-state index is 13.3. The molecule has 0 aliphatic carbocycles. The van der Waals surface area contributed by atoms with Crippen molar-refractivity contribution in [1.29, 1.82) is 0 Å². The molecule has 1 N–H and O–H groups in total. The van der Waals surface area contributed by atoms with Gasteiger partial charge in [-0.05, 0) is 53.9 Å². The van der Waals surface area contributed by atoms with Crippen LogP contribution in [0.25, 0.3) is 0 Å². The molecule has 0 unspecified atom stereocenters. The highest BCUT2D eigenvalue weighted by Crippen LogP contribution is 2.35. The van der Waals surface area contributed by atoms with E-state index in [1.807, 2.05) is 32.0 Å². The van der Waals surface area contributed by atoms with Crippen LogP contribution in [0.4, 0.5) is 5.69 Å². The molecule has 184 valence electrons. The van der Waals surface area contributed by atoms with Crippen LogP contribution in [0, 0.1) is 5.92 Å². The lowest BCUT2D eigenvalue weighted by Gasteiger charge is -2.24. The average molecular weight is 505 g/mol. The number of nitrogens with one attached hydrogen (secondary N) is 1. The molecule has 2 aliphatic rings. The third-order valence-electron chi connectivity index (χ3n) is 6.33. The first-order valence-electron chi connectivity index (χ1n) is 11.8. The SMILES string of the molecule is CC(C)[C@H](NC(=O)c1ccc2c(c1)C(=O)N(c1ccccc1Cl)C2=O)c1ccc2c(c1)OCCCO2. The maximum atomic E-state index is 13.3. The normalized spacial score (nSPS) is 15.5. The first-order chi connectivity index (χ1) is 17.3. The minimum atomic E-state index is -0.513. The molecular weight excluding hydrogens is 480 g/mol. The fourth-order valence-electron chi connectivity index (χ4n) is 4.47. The average Bonchev–Trinajstić information content (AvgIpc) is 3.01. The minimum absolute atomic E-state index is 0.0760. The minimum Gasteiger partial charge on any atom is -0.490 e. The molecule has 3 amide bonds. The molecule has 1 atom stereocenters. The highest BCUT2D eigenvalue weighted by molar-refractivity contribution is 6.39. The Hall–Kier alpha value is -3.84. The number of fused-ring (bicyclic) bond motifs is 2. The van der Waals surface area contributed by atoms with Crippen molar-refractivity contribution in [3.8, 4) is 11.5 Å². The molecule has 0 spiro atoms. The molecule has 3 aromatic carbocycles. The number of halogens is 1. The number of para-hydroxylation sites is 1. The summed E-state index contributed by atoms with van der Waals surface area (Å²) in [5.41, 5.74) is 1.89. The number of imide groups is 1. The van der Waals surface area contributed by atoms with E-state index in [-0.39, 0.29) is 34.6 Å². The number of benzene rings is 3. The van der Waals surface area contributed by atoms with Crippen molar-refractivity contribution in [2.24, 2.45) is 5.92 Å². The number of rotatable bonds is 5. The van der Waals surface area contributed by atoms with Crippen LogP contribution in [-0.4, -0.2) is 30.9 Å². The van der Waals surface area contributed by atoms with Gasteiger partial charge in [-0.3, -0.25) is 14.4 Å². The van der Waals surface area contributed by atoms with E-state index in [0.29, 0.717) is 35.4 Å². The third kappa shape index (κ3) is 4.31. The van der Waals surface area contributed by atoms with Gasteiger partial charge in [-0.1, -0.05) is 43.6 Å². The molecule has 7 nitrogen and oxygen atoms in total. The summed E-state index contributed by atoms with van der Waals surface area (Å²) in [5.74, 6) is 0.0941. The van der Waals surface area contributed by atoms with E-state index in [1.165, 1.54) is 12.1 Å². The summed E-state index contributed by atoms with van der Waals surface area (Å²) in [5, 5.41) is 3.37. The van der Waals surface area contributed by atoms with Crippen molar-refractivity contribution in [1.82, 2.24) is 5.32 Å². The quantitative estimate of drug-likeness (QED) is 0.468. The van der Waals surface area contributed by atoms with Gasteiger partial charge in [-0.2, -0.15) is 0 Å². The second-order valence-electron chi connectivity index (χ2n) is 9.11. The smallest absolute Gasteiger partial charge is 0.266 e. The Morgan fingerprint density at radius 2 is 1.64 bits per heavy atom. The second kappa shape index (κ2) is 9.66. The van der Waals surface area contributed by atoms with Crippen LogP contribution in [0.15, 0.2) is 60.7 Å². The summed E-state index contributed by atoms with van der Waals surface area (Å²) in [6.07, 6.45) is 0.807. The number of hydrogen-bond donors (Lipinski definition) is 1. The van der Waals surface area contributed by atoms with E-state index in [1.54, 1.807) is 30.3 Å². The van der Waals surface area contributed by atoms with E-state index < -0.39 is 11.8 Å². The zero-order valence-electron chi connectivity index (χ0n) is 19.9. The molecule has 0 aromatic heterocycles. The van der Waals surface area contributed by atoms with Gasteiger partial charge in [0, 0.05) is 12.0 Å². The highest BCUT2D eigenvalue weighted by atomic mass is 35.5. The monoisotopic (exact) mass is 504 g/mol. The molecule has 0 saturated heterocycles. The van der Waals surface area contributed by atoms with E-state index in [4.69, 9.17) is 21.1 Å². The third-order valence-corrected chi connectivity index (χ3v) is 6.65. The summed E-state index contributed by atoms with van der Waals surface area (Å²) < 4.78 is 11.5. The molecule has 8 heteroatoms. The van der Waals surface area contributed by atoms with Crippen LogP contribution in [-0.2, 0) is 0 Å². The van der Waals surface area contributed by atoms with Crippen molar-refractivity contribution >= 4 is 35.0 Å². The largest absolute Gasteiger partial charge is 0.490 e. The van der Waals surface area contributed by atoms with E-state index in [2.05, 4.69) is 5.32 Å². The van der Waals surface area contributed by atoms with Crippen LogP contribution >= 0.6 is 11.6 Å². The Bertz CT molecular complexity index is 1370. The first kappa shape index (κ1) is 23.9. The van der Waals surface area contributed by atoms with E-state index >= 15 is 0 Å². The lowest BCUT2D eigenvalue weighted by atomic mass is 9.95. The van der Waals surface area contributed by atoms with Gasteiger partial charge < -0.3 is 14.8 Å². The van der Waals surface area contributed by atoms with Crippen molar-refractivity contribution in [3.05, 3.63) is 87.9 Å². The van der Waals surface area contributed by atoms with Crippen molar-refractivity contribution in [3.63, 3.8) is 0 Å². The highest BCUT2D eigenvalue weighted by Gasteiger charge is 2.38. The zero-order chi connectivity index (χ0) is 25.4. The number of anilines is 1. The number of hydrogen-bond acceptors (Lipinski definition) is 5. The second-order valence-corrected chi connectivity index (χ2v) is 9.52. The molecule has 0 fully saturated rings. The Kier molecular flexibility index (Phi) is 6.41. The van der Waals surface area contributed by atoms with Crippen molar-refractivity contribution in [2.45, 2.75) is 26.3 Å². The summed E-state index contributed by atoms with van der Waals surface area (Å²) in [4.78, 5) is 40.4. The lowest BCUT2D eigenvalue weighted by Crippen LogP contribution is -2.32. The van der Waals surface area contributed by atoms with Crippen molar-refractivity contribution in [2.75, 3.05) is 18.1 Å². The predicted octanol–water partition coefficient (Wildman–Crippen LogP) is 5.43. The maximum Gasteiger partial charge on any atom is 0.266 e. The van der Waals surface area contributed by atoms with Gasteiger partial charge in [0.05, 0.1) is 41.1 Å². The van der Waals surface area contributed by atoms with Gasteiger partial charge in [0.15, 0.2) is 11.5 Å². The number of carbonyl (C=O) groups is 3. The summed E-state index contributed by atoms with van der Waals surface area (Å²) in [6.45, 7) is 5.20.